The number of benzene rings is 1. The first-order chi connectivity index (χ1) is 15.8. The second-order valence-corrected chi connectivity index (χ2v) is 8.67. The summed E-state index contributed by atoms with van der Waals surface area (Å²) in [7, 11) is 3.45. The van der Waals surface area contributed by atoms with Crippen molar-refractivity contribution in [3.63, 3.8) is 0 Å². The number of aromatic nitrogens is 2. The highest BCUT2D eigenvalue weighted by Crippen LogP contribution is 2.27. The zero-order valence-corrected chi connectivity index (χ0v) is 19.9. The monoisotopic (exact) mass is 455 g/mol. The van der Waals surface area contributed by atoms with Gasteiger partial charge in [-0.3, -0.25) is 14.5 Å². The lowest BCUT2D eigenvalue weighted by Gasteiger charge is -2.36. The molecule has 0 spiro atoms. The van der Waals surface area contributed by atoms with Crippen molar-refractivity contribution in [2.75, 3.05) is 39.2 Å². The van der Waals surface area contributed by atoms with Gasteiger partial charge in [-0.25, -0.2) is 9.97 Å². The van der Waals surface area contributed by atoms with Gasteiger partial charge in [-0.1, -0.05) is 6.92 Å². The van der Waals surface area contributed by atoms with Crippen LogP contribution in [0.5, 0.6) is 5.75 Å². The van der Waals surface area contributed by atoms with Gasteiger partial charge >= 0.3 is 0 Å². The van der Waals surface area contributed by atoms with Gasteiger partial charge in [0.2, 0.25) is 5.91 Å². The summed E-state index contributed by atoms with van der Waals surface area (Å²) in [5, 5.41) is 2.75. The fourth-order valence-corrected chi connectivity index (χ4v) is 3.99. The molecule has 1 aromatic heterocycles. The normalized spacial score (nSPS) is 22.5. The standard InChI is InChI=1S/C24H33N5O4/c1-16-11-29(12-19-9-25-15-26-10-19)17(2)14-33-22-8-20(27-18(3)30)6-7-21(22)24(31)28(4)13-23(16)32-5/h6-10,15-17,23H,11-14H2,1-5H3,(H,27,30)/t16-,17+,23-/m1/s1. The van der Waals surface area contributed by atoms with E-state index in [4.69, 9.17) is 9.47 Å². The number of nitrogens with zero attached hydrogens (tertiary/aromatic N) is 4. The van der Waals surface area contributed by atoms with Gasteiger partial charge in [-0.05, 0) is 25.0 Å². The highest BCUT2D eigenvalue weighted by molar-refractivity contribution is 5.98. The van der Waals surface area contributed by atoms with Gasteiger partial charge < -0.3 is 19.7 Å². The summed E-state index contributed by atoms with van der Waals surface area (Å²) in [5.41, 5.74) is 2.04. The van der Waals surface area contributed by atoms with Crippen molar-refractivity contribution in [3.8, 4) is 5.75 Å². The molecule has 0 aliphatic carbocycles. The molecule has 3 rings (SSSR count). The van der Waals surface area contributed by atoms with E-state index >= 15 is 0 Å². The SMILES string of the molecule is CO[C@@H]1CN(C)C(=O)c2ccc(NC(C)=O)cc2OC[C@H](C)N(Cc2cncnc2)C[C@H]1C. The van der Waals surface area contributed by atoms with Crippen LogP contribution in [0.4, 0.5) is 5.69 Å². The van der Waals surface area contributed by atoms with Gasteiger partial charge in [0.05, 0.1) is 11.7 Å². The van der Waals surface area contributed by atoms with Crippen molar-refractivity contribution < 1.29 is 19.1 Å². The fraction of sp³-hybridized carbons (Fsp3) is 0.500. The Morgan fingerprint density at radius 3 is 2.64 bits per heavy atom. The molecule has 2 aromatic rings. The van der Waals surface area contributed by atoms with Crippen molar-refractivity contribution in [2.45, 2.75) is 39.5 Å². The molecule has 0 saturated heterocycles. The van der Waals surface area contributed by atoms with Crippen molar-refractivity contribution in [3.05, 3.63) is 48.0 Å². The van der Waals surface area contributed by atoms with Crippen molar-refractivity contribution in [1.29, 1.82) is 0 Å². The average Bonchev–Trinajstić information content (AvgIpc) is 2.79. The Hall–Kier alpha value is -3.04. The molecule has 1 aliphatic heterocycles. The van der Waals surface area contributed by atoms with Crippen LogP contribution in [0, 0.1) is 5.92 Å². The van der Waals surface area contributed by atoms with Gasteiger partial charge in [0.25, 0.3) is 5.91 Å². The summed E-state index contributed by atoms with van der Waals surface area (Å²) in [6.45, 7) is 7.89. The van der Waals surface area contributed by atoms with Crippen LogP contribution in [0.2, 0.25) is 0 Å². The maximum absolute atomic E-state index is 13.2. The topological polar surface area (TPSA) is 96.9 Å². The summed E-state index contributed by atoms with van der Waals surface area (Å²) >= 11 is 0. The molecule has 0 radical (unpaired) electrons. The number of rotatable bonds is 4. The first-order valence-electron chi connectivity index (χ1n) is 11.1. The van der Waals surface area contributed by atoms with Crippen molar-refractivity contribution in [1.82, 2.24) is 19.8 Å². The quantitative estimate of drug-likeness (QED) is 0.756. The number of methoxy groups -OCH3 is 1. The van der Waals surface area contributed by atoms with Crippen LogP contribution in [0.1, 0.15) is 36.7 Å². The molecular weight excluding hydrogens is 422 g/mol. The van der Waals surface area contributed by atoms with Crippen LogP contribution < -0.4 is 10.1 Å². The highest BCUT2D eigenvalue weighted by atomic mass is 16.5. The molecule has 0 saturated carbocycles. The lowest BCUT2D eigenvalue weighted by molar-refractivity contribution is -0.114. The van der Waals surface area contributed by atoms with Gasteiger partial charge in [0, 0.05) is 76.5 Å². The predicted molar refractivity (Wildman–Crippen MR) is 125 cm³/mol. The Morgan fingerprint density at radius 1 is 1.24 bits per heavy atom. The number of anilines is 1. The number of hydrogen-bond donors (Lipinski definition) is 1. The van der Waals surface area contributed by atoms with E-state index in [2.05, 4.69) is 34.0 Å². The summed E-state index contributed by atoms with van der Waals surface area (Å²) in [6.07, 6.45) is 5.02. The predicted octanol–water partition coefficient (Wildman–Crippen LogP) is 2.44. The van der Waals surface area contributed by atoms with E-state index in [-0.39, 0.29) is 29.9 Å². The van der Waals surface area contributed by atoms with Crippen molar-refractivity contribution >= 4 is 17.5 Å². The number of ether oxygens (including phenoxy) is 2. The number of carbonyl (C=O) groups excluding carboxylic acids is 2. The molecule has 0 fully saturated rings. The molecular formula is C24H33N5O4. The maximum Gasteiger partial charge on any atom is 0.257 e. The minimum atomic E-state index is -0.187. The summed E-state index contributed by atoms with van der Waals surface area (Å²) < 4.78 is 12.0. The van der Waals surface area contributed by atoms with Crippen LogP contribution in [-0.4, -0.2) is 77.6 Å². The largest absolute Gasteiger partial charge is 0.491 e. The van der Waals surface area contributed by atoms with Crippen LogP contribution >= 0.6 is 0 Å². The number of carbonyl (C=O) groups is 2. The number of nitrogens with one attached hydrogen (secondary N) is 1. The fourth-order valence-electron chi connectivity index (χ4n) is 3.99. The molecule has 2 amide bonds. The first kappa shape index (κ1) is 24.6. The van der Waals surface area contributed by atoms with Crippen LogP contribution in [0.15, 0.2) is 36.9 Å². The summed E-state index contributed by atoms with van der Waals surface area (Å²) in [4.78, 5) is 37.0. The third-order valence-electron chi connectivity index (χ3n) is 5.90. The second kappa shape index (κ2) is 11.2. The van der Waals surface area contributed by atoms with Gasteiger partial charge in [0.15, 0.2) is 0 Å². The first-order valence-corrected chi connectivity index (χ1v) is 11.1. The summed E-state index contributed by atoms with van der Waals surface area (Å²) in [5.74, 6) is 0.266. The van der Waals surface area contributed by atoms with E-state index in [1.807, 2.05) is 12.4 Å². The maximum atomic E-state index is 13.2. The Bertz CT molecular complexity index is 955. The number of hydrogen-bond acceptors (Lipinski definition) is 7. The minimum Gasteiger partial charge on any atom is -0.491 e. The molecule has 1 N–H and O–H groups in total. The molecule has 0 unspecified atom stereocenters. The van der Waals surface area contributed by atoms with Crippen LogP contribution in [-0.2, 0) is 16.1 Å². The van der Waals surface area contributed by atoms with E-state index in [0.717, 1.165) is 12.1 Å². The third-order valence-corrected chi connectivity index (χ3v) is 5.90. The molecule has 33 heavy (non-hydrogen) atoms. The molecule has 2 heterocycles. The molecule has 1 aromatic carbocycles. The average molecular weight is 456 g/mol. The van der Waals surface area contributed by atoms with E-state index in [1.165, 1.54) is 13.3 Å². The molecule has 178 valence electrons. The molecule has 0 bridgehead atoms. The molecule has 9 heteroatoms. The smallest absolute Gasteiger partial charge is 0.257 e. The van der Waals surface area contributed by atoms with Crippen LogP contribution in [0.25, 0.3) is 0 Å². The lowest BCUT2D eigenvalue weighted by Crippen LogP contribution is -2.46. The Morgan fingerprint density at radius 2 is 1.97 bits per heavy atom. The van der Waals surface area contributed by atoms with Gasteiger partial charge in [-0.2, -0.15) is 0 Å². The van der Waals surface area contributed by atoms with Gasteiger partial charge in [-0.15, -0.1) is 0 Å². The zero-order valence-electron chi connectivity index (χ0n) is 19.9. The lowest BCUT2D eigenvalue weighted by atomic mass is 10.0. The Balaban J connectivity index is 1.94. The molecule has 1 aliphatic rings. The molecule has 3 atom stereocenters. The Labute approximate surface area is 195 Å². The van der Waals surface area contributed by atoms with Crippen molar-refractivity contribution in [2.24, 2.45) is 5.92 Å². The highest BCUT2D eigenvalue weighted by Gasteiger charge is 2.28. The van der Waals surface area contributed by atoms with E-state index in [0.29, 0.717) is 36.7 Å². The zero-order chi connectivity index (χ0) is 24.0. The van der Waals surface area contributed by atoms with E-state index < -0.39 is 0 Å². The number of amides is 2. The van der Waals surface area contributed by atoms with E-state index in [1.54, 1.807) is 37.3 Å². The van der Waals surface area contributed by atoms with Gasteiger partial charge in [0.1, 0.15) is 18.7 Å². The second-order valence-electron chi connectivity index (χ2n) is 8.67. The van der Waals surface area contributed by atoms with E-state index in [9.17, 15) is 9.59 Å². The van der Waals surface area contributed by atoms with Crippen LogP contribution in [0.3, 0.4) is 0 Å². The minimum absolute atomic E-state index is 0.0368. The number of fused-ring (bicyclic) bond motifs is 1. The number of likely N-dealkylation sites (N-methyl/N-ethyl adjacent to an activating group) is 1. The Kier molecular flexibility index (Phi) is 8.35. The summed E-state index contributed by atoms with van der Waals surface area (Å²) in [6, 6.07) is 5.14. The third kappa shape index (κ3) is 6.49. The molecule has 9 nitrogen and oxygen atoms in total.